The van der Waals surface area contributed by atoms with Gasteiger partial charge in [0.05, 0.1) is 0 Å². The summed E-state index contributed by atoms with van der Waals surface area (Å²) in [5.41, 5.74) is 0.827. The number of pyridine rings is 1. The first-order valence-electron chi connectivity index (χ1n) is 8.26. The van der Waals surface area contributed by atoms with E-state index >= 15 is 0 Å². The zero-order chi connectivity index (χ0) is 18.2. The molecular weight excluding hydrogens is 322 g/mol. The van der Waals surface area contributed by atoms with Crippen molar-refractivity contribution in [2.45, 2.75) is 46.0 Å². The van der Waals surface area contributed by atoms with Crippen LogP contribution < -0.4 is 10.6 Å². The van der Waals surface area contributed by atoms with Gasteiger partial charge in [0.2, 0.25) is 17.7 Å². The van der Waals surface area contributed by atoms with Crippen molar-refractivity contribution < 1.29 is 14.1 Å². The van der Waals surface area contributed by atoms with Crippen LogP contribution in [-0.4, -0.2) is 33.5 Å². The molecule has 0 spiro atoms. The quantitative estimate of drug-likeness (QED) is 0.757. The van der Waals surface area contributed by atoms with Crippen molar-refractivity contribution in [2.24, 2.45) is 0 Å². The minimum Gasteiger partial charge on any atom is -0.356 e. The maximum absolute atomic E-state index is 11.8. The molecule has 134 valence electrons. The number of hydrogen-bond donors (Lipinski definition) is 2. The Labute approximate surface area is 146 Å². The van der Waals surface area contributed by atoms with Crippen LogP contribution in [-0.2, 0) is 16.0 Å². The number of anilines is 1. The molecule has 8 nitrogen and oxygen atoms in total. The van der Waals surface area contributed by atoms with Crippen LogP contribution in [0.2, 0.25) is 0 Å². The Morgan fingerprint density at radius 3 is 2.64 bits per heavy atom. The summed E-state index contributed by atoms with van der Waals surface area (Å²) < 4.78 is 5.08. The zero-order valence-corrected chi connectivity index (χ0v) is 14.7. The second kappa shape index (κ2) is 8.91. The predicted octanol–water partition coefficient (Wildman–Crippen LogP) is 1.97. The second-order valence-electron chi connectivity index (χ2n) is 6.01. The van der Waals surface area contributed by atoms with Crippen molar-refractivity contribution in [3.63, 3.8) is 0 Å². The average Bonchev–Trinajstić information content (AvgIpc) is 3.02. The number of amides is 2. The Balaban J connectivity index is 1.65. The van der Waals surface area contributed by atoms with Gasteiger partial charge in [-0.2, -0.15) is 4.98 Å². The summed E-state index contributed by atoms with van der Waals surface area (Å²) >= 11 is 0. The molecule has 2 aromatic heterocycles. The summed E-state index contributed by atoms with van der Waals surface area (Å²) in [7, 11) is 0. The topological polar surface area (TPSA) is 110 Å². The maximum atomic E-state index is 11.8. The summed E-state index contributed by atoms with van der Waals surface area (Å²) in [4.78, 5) is 32.0. The lowest BCUT2D eigenvalue weighted by Gasteiger charge is -2.06. The molecule has 0 aliphatic carbocycles. The van der Waals surface area contributed by atoms with Gasteiger partial charge in [-0.15, -0.1) is 0 Å². The third-order valence-corrected chi connectivity index (χ3v) is 3.40. The van der Waals surface area contributed by atoms with E-state index in [1.807, 2.05) is 32.9 Å². The Hall–Kier alpha value is -2.77. The van der Waals surface area contributed by atoms with Crippen molar-refractivity contribution in [3.8, 4) is 0 Å². The minimum atomic E-state index is -0.197. The van der Waals surface area contributed by atoms with Gasteiger partial charge in [0.1, 0.15) is 5.82 Å². The lowest BCUT2D eigenvalue weighted by atomic mass is 10.2. The van der Waals surface area contributed by atoms with E-state index in [0.29, 0.717) is 24.0 Å². The number of carbonyl (C=O) groups is 2. The van der Waals surface area contributed by atoms with E-state index in [1.54, 1.807) is 6.07 Å². The molecule has 0 unspecified atom stereocenters. The van der Waals surface area contributed by atoms with Gasteiger partial charge in [-0.3, -0.25) is 9.59 Å². The molecule has 0 radical (unpaired) electrons. The predicted molar refractivity (Wildman–Crippen MR) is 91.9 cm³/mol. The van der Waals surface area contributed by atoms with Crippen LogP contribution in [0.3, 0.4) is 0 Å². The first-order valence-corrected chi connectivity index (χ1v) is 8.26. The van der Waals surface area contributed by atoms with E-state index in [-0.39, 0.29) is 37.1 Å². The van der Waals surface area contributed by atoms with Crippen LogP contribution in [0.15, 0.2) is 22.7 Å². The molecule has 25 heavy (non-hydrogen) atoms. The van der Waals surface area contributed by atoms with E-state index in [0.717, 1.165) is 5.69 Å². The van der Waals surface area contributed by atoms with Gasteiger partial charge < -0.3 is 15.2 Å². The second-order valence-corrected chi connectivity index (χ2v) is 6.01. The standard InChI is InChI=1S/C17H23N5O3/c1-11(2)17-21-16(25-22-17)8-7-14(23)18-10-9-15(24)20-13-6-4-5-12(3)19-13/h4-6,11H,7-10H2,1-3H3,(H,18,23)(H,19,20,24). The molecule has 2 rings (SSSR count). The summed E-state index contributed by atoms with van der Waals surface area (Å²) in [6.45, 7) is 6.05. The lowest BCUT2D eigenvalue weighted by molar-refractivity contribution is -0.121. The van der Waals surface area contributed by atoms with Gasteiger partial charge in [-0.1, -0.05) is 25.1 Å². The van der Waals surface area contributed by atoms with Gasteiger partial charge in [0.25, 0.3) is 0 Å². The van der Waals surface area contributed by atoms with E-state index < -0.39 is 0 Å². The summed E-state index contributed by atoms with van der Waals surface area (Å²) in [5.74, 6) is 1.42. The molecule has 2 heterocycles. The molecule has 0 bridgehead atoms. The Kier molecular flexibility index (Phi) is 6.62. The molecule has 2 aromatic rings. The minimum absolute atomic E-state index is 0.161. The molecule has 2 N–H and O–H groups in total. The molecule has 0 aliphatic rings. The maximum Gasteiger partial charge on any atom is 0.227 e. The molecule has 0 aliphatic heterocycles. The summed E-state index contributed by atoms with van der Waals surface area (Å²) in [5, 5.41) is 9.24. The number of hydrogen-bond acceptors (Lipinski definition) is 6. The van der Waals surface area contributed by atoms with Gasteiger partial charge in [0, 0.05) is 37.4 Å². The van der Waals surface area contributed by atoms with E-state index in [9.17, 15) is 9.59 Å². The van der Waals surface area contributed by atoms with Crippen molar-refractivity contribution >= 4 is 17.6 Å². The normalized spacial score (nSPS) is 10.7. The average molecular weight is 345 g/mol. The Bertz CT molecular complexity index is 727. The number of rotatable bonds is 8. The fourth-order valence-electron chi connectivity index (χ4n) is 2.05. The molecule has 8 heteroatoms. The molecular formula is C17H23N5O3. The van der Waals surface area contributed by atoms with Crippen LogP contribution in [0, 0.1) is 6.92 Å². The van der Waals surface area contributed by atoms with Gasteiger partial charge in [-0.25, -0.2) is 4.98 Å². The van der Waals surface area contributed by atoms with Crippen LogP contribution in [0.5, 0.6) is 0 Å². The van der Waals surface area contributed by atoms with E-state index in [4.69, 9.17) is 4.52 Å². The van der Waals surface area contributed by atoms with Crippen LogP contribution in [0.4, 0.5) is 5.82 Å². The fraction of sp³-hybridized carbons (Fsp3) is 0.471. The van der Waals surface area contributed by atoms with Crippen molar-refractivity contribution in [2.75, 3.05) is 11.9 Å². The van der Waals surface area contributed by atoms with Gasteiger partial charge in [-0.05, 0) is 19.1 Å². The lowest BCUT2D eigenvalue weighted by Crippen LogP contribution is -2.28. The SMILES string of the molecule is Cc1cccc(NC(=O)CCNC(=O)CCc2nc(C(C)C)no2)n1. The van der Waals surface area contributed by atoms with Crippen molar-refractivity contribution in [1.29, 1.82) is 0 Å². The van der Waals surface area contributed by atoms with Crippen LogP contribution in [0.25, 0.3) is 0 Å². The zero-order valence-electron chi connectivity index (χ0n) is 14.7. The highest BCUT2D eigenvalue weighted by molar-refractivity contribution is 5.90. The first kappa shape index (κ1) is 18.6. The molecule has 0 fully saturated rings. The molecule has 0 atom stereocenters. The van der Waals surface area contributed by atoms with Crippen molar-refractivity contribution in [3.05, 3.63) is 35.6 Å². The Morgan fingerprint density at radius 1 is 1.16 bits per heavy atom. The number of nitrogens with one attached hydrogen (secondary N) is 2. The van der Waals surface area contributed by atoms with Gasteiger partial charge in [0.15, 0.2) is 5.82 Å². The first-order chi connectivity index (χ1) is 11.9. The highest BCUT2D eigenvalue weighted by Gasteiger charge is 2.11. The molecule has 2 amide bonds. The smallest absolute Gasteiger partial charge is 0.227 e. The number of nitrogens with zero attached hydrogens (tertiary/aromatic N) is 3. The monoisotopic (exact) mass is 345 g/mol. The largest absolute Gasteiger partial charge is 0.356 e. The number of aromatic nitrogens is 3. The fourth-order valence-corrected chi connectivity index (χ4v) is 2.05. The summed E-state index contributed by atoms with van der Waals surface area (Å²) in [6.07, 6.45) is 0.797. The third-order valence-electron chi connectivity index (χ3n) is 3.40. The number of aryl methyl sites for hydroxylation is 2. The van der Waals surface area contributed by atoms with E-state index in [1.165, 1.54) is 0 Å². The highest BCUT2D eigenvalue weighted by Crippen LogP contribution is 2.10. The molecule has 0 saturated carbocycles. The summed E-state index contributed by atoms with van der Waals surface area (Å²) in [6, 6.07) is 5.39. The molecule has 0 aromatic carbocycles. The van der Waals surface area contributed by atoms with E-state index in [2.05, 4.69) is 25.8 Å². The number of carbonyl (C=O) groups excluding carboxylic acids is 2. The van der Waals surface area contributed by atoms with Gasteiger partial charge >= 0.3 is 0 Å². The van der Waals surface area contributed by atoms with Crippen molar-refractivity contribution in [1.82, 2.24) is 20.4 Å². The third kappa shape index (κ3) is 6.33. The van der Waals surface area contributed by atoms with Crippen LogP contribution in [0.1, 0.15) is 50.0 Å². The molecule has 0 saturated heterocycles. The van der Waals surface area contributed by atoms with Crippen LogP contribution >= 0.6 is 0 Å². The Morgan fingerprint density at radius 2 is 1.96 bits per heavy atom. The highest BCUT2D eigenvalue weighted by atomic mass is 16.5.